The van der Waals surface area contributed by atoms with Gasteiger partial charge in [-0.05, 0) is 24.3 Å². The van der Waals surface area contributed by atoms with Gasteiger partial charge in [-0.15, -0.1) is 6.58 Å². The number of nitrogens with one attached hydrogen (secondary N) is 1. The van der Waals surface area contributed by atoms with E-state index >= 15 is 0 Å². The predicted octanol–water partition coefficient (Wildman–Crippen LogP) is 0.420. The number of rotatable bonds is 8. The molecule has 100 valence electrons. The van der Waals surface area contributed by atoms with Crippen LogP contribution in [-0.4, -0.2) is 28.2 Å². The van der Waals surface area contributed by atoms with Crippen molar-refractivity contribution in [2.75, 3.05) is 19.8 Å². The van der Waals surface area contributed by atoms with Crippen LogP contribution in [0.25, 0.3) is 0 Å². The van der Waals surface area contributed by atoms with Gasteiger partial charge in [-0.2, -0.15) is 0 Å². The summed E-state index contributed by atoms with van der Waals surface area (Å²) in [7, 11) is -3.49. The summed E-state index contributed by atoms with van der Waals surface area (Å²) in [5.41, 5.74) is 0. The Morgan fingerprint density at radius 2 is 1.94 bits per heavy atom. The van der Waals surface area contributed by atoms with Crippen molar-refractivity contribution < 1.29 is 18.0 Å². The van der Waals surface area contributed by atoms with Crippen molar-refractivity contribution in [3.8, 4) is 5.75 Å². The van der Waals surface area contributed by atoms with E-state index in [9.17, 15) is 8.42 Å². The number of benzene rings is 1. The summed E-state index contributed by atoms with van der Waals surface area (Å²) in [6.45, 7) is 4.20. The van der Waals surface area contributed by atoms with Crippen LogP contribution in [0, 0.1) is 0 Å². The van der Waals surface area contributed by atoms with E-state index in [0.717, 1.165) is 0 Å². The molecule has 7 heteroatoms. The van der Waals surface area contributed by atoms with Crippen LogP contribution in [0.1, 0.15) is 0 Å². The molecule has 1 aromatic carbocycles. The smallest absolute Gasteiger partial charge is 0.240 e. The van der Waals surface area contributed by atoms with Gasteiger partial charge >= 0.3 is 0 Å². The van der Waals surface area contributed by atoms with Crippen molar-refractivity contribution in [1.82, 2.24) is 4.72 Å². The van der Waals surface area contributed by atoms with Gasteiger partial charge in [0.1, 0.15) is 19.0 Å². The van der Waals surface area contributed by atoms with E-state index in [1.165, 1.54) is 18.2 Å². The van der Waals surface area contributed by atoms with Gasteiger partial charge in [0.15, 0.2) is 0 Å². The van der Waals surface area contributed by atoms with Gasteiger partial charge in [0, 0.05) is 6.54 Å². The Morgan fingerprint density at radius 3 is 2.50 bits per heavy atom. The lowest BCUT2D eigenvalue weighted by atomic mass is 10.3. The van der Waals surface area contributed by atoms with Gasteiger partial charge in [-0.25, -0.2) is 19.0 Å². The topological polar surface area (TPSA) is 90.7 Å². The van der Waals surface area contributed by atoms with E-state index in [4.69, 9.17) is 10.6 Å². The third-order valence-electron chi connectivity index (χ3n) is 2.02. The zero-order valence-corrected chi connectivity index (χ0v) is 10.7. The van der Waals surface area contributed by atoms with Crippen molar-refractivity contribution in [2.45, 2.75) is 4.90 Å². The molecule has 0 spiro atoms. The van der Waals surface area contributed by atoms with Crippen LogP contribution in [0.3, 0.4) is 0 Å². The summed E-state index contributed by atoms with van der Waals surface area (Å²) in [6, 6.07) is 6.06. The van der Waals surface area contributed by atoms with Crippen LogP contribution < -0.4 is 15.4 Å². The summed E-state index contributed by atoms with van der Waals surface area (Å²) in [5, 5.41) is 0. The van der Waals surface area contributed by atoms with Crippen LogP contribution in [-0.2, 0) is 14.9 Å². The summed E-state index contributed by atoms with van der Waals surface area (Å²) in [5.74, 6) is 5.40. The van der Waals surface area contributed by atoms with Crippen LogP contribution in [0.5, 0.6) is 5.75 Å². The summed E-state index contributed by atoms with van der Waals surface area (Å²) < 4.78 is 31.1. The fourth-order valence-corrected chi connectivity index (χ4v) is 2.17. The second-order valence-corrected chi connectivity index (χ2v) is 5.10. The highest BCUT2D eigenvalue weighted by molar-refractivity contribution is 7.89. The quantitative estimate of drug-likeness (QED) is 0.406. The molecule has 0 bridgehead atoms. The van der Waals surface area contributed by atoms with Gasteiger partial charge in [-0.1, -0.05) is 6.08 Å². The standard InChI is InChI=1S/C11H16N2O4S/c1-2-7-13-18(14,15)11-5-3-10(4-6-11)16-8-9-17-12/h2-6,13H,1,7-9,12H2. The third kappa shape index (κ3) is 4.46. The third-order valence-corrected chi connectivity index (χ3v) is 3.46. The van der Waals surface area contributed by atoms with Gasteiger partial charge in [0.25, 0.3) is 0 Å². The molecule has 0 unspecified atom stereocenters. The van der Waals surface area contributed by atoms with Crippen molar-refractivity contribution in [2.24, 2.45) is 5.90 Å². The summed E-state index contributed by atoms with van der Waals surface area (Å²) in [6.07, 6.45) is 1.47. The molecule has 3 N–H and O–H groups in total. The number of hydrogen-bond donors (Lipinski definition) is 2. The first-order valence-corrected chi connectivity index (χ1v) is 6.73. The molecule has 0 aliphatic rings. The van der Waals surface area contributed by atoms with Crippen LogP contribution in [0.4, 0.5) is 0 Å². The maximum absolute atomic E-state index is 11.7. The zero-order chi connectivity index (χ0) is 13.4. The lowest BCUT2D eigenvalue weighted by Gasteiger charge is -2.07. The number of ether oxygens (including phenoxy) is 1. The Bertz CT molecular complexity index is 470. The molecule has 0 aromatic heterocycles. The lowest BCUT2D eigenvalue weighted by Crippen LogP contribution is -2.23. The molecule has 1 rings (SSSR count). The Morgan fingerprint density at radius 1 is 1.28 bits per heavy atom. The molecule has 0 saturated carbocycles. The van der Waals surface area contributed by atoms with Crippen molar-refractivity contribution in [1.29, 1.82) is 0 Å². The van der Waals surface area contributed by atoms with Gasteiger partial charge in [0.05, 0.1) is 4.90 Å². The number of sulfonamides is 1. The van der Waals surface area contributed by atoms with Gasteiger partial charge in [-0.3, -0.25) is 0 Å². The Balaban J connectivity index is 2.67. The van der Waals surface area contributed by atoms with E-state index in [1.54, 1.807) is 12.1 Å². The zero-order valence-electron chi connectivity index (χ0n) is 9.83. The highest BCUT2D eigenvalue weighted by Gasteiger charge is 2.12. The molecule has 1 aromatic rings. The molecule has 0 saturated heterocycles. The SMILES string of the molecule is C=CCNS(=O)(=O)c1ccc(OCCON)cc1. The van der Waals surface area contributed by atoms with Gasteiger partial charge < -0.3 is 9.57 Å². The van der Waals surface area contributed by atoms with Crippen LogP contribution in [0.15, 0.2) is 41.8 Å². The molecule has 0 amide bonds. The minimum absolute atomic E-state index is 0.173. The second-order valence-electron chi connectivity index (χ2n) is 3.33. The van der Waals surface area contributed by atoms with E-state index < -0.39 is 10.0 Å². The first-order valence-electron chi connectivity index (χ1n) is 5.25. The molecule has 0 aliphatic heterocycles. The van der Waals surface area contributed by atoms with E-state index in [2.05, 4.69) is 16.1 Å². The molecule has 6 nitrogen and oxygen atoms in total. The molecule has 0 atom stereocenters. The fraction of sp³-hybridized carbons (Fsp3) is 0.273. The Kier molecular flexibility index (Phi) is 5.79. The van der Waals surface area contributed by atoms with Crippen LogP contribution in [0.2, 0.25) is 0 Å². The molecule has 0 heterocycles. The Hall–Kier alpha value is -1.41. The van der Waals surface area contributed by atoms with Gasteiger partial charge in [0.2, 0.25) is 10.0 Å². The number of hydrogen-bond acceptors (Lipinski definition) is 5. The maximum atomic E-state index is 11.7. The molecule has 18 heavy (non-hydrogen) atoms. The second kappa shape index (κ2) is 7.12. The molecular formula is C11H16N2O4S. The van der Waals surface area contributed by atoms with Crippen molar-refractivity contribution >= 4 is 10.0 Å². The predicted molar refractivity (Wildman–Crippen MR) is 67.5 cm³/mol. The first-order chi connectivity index (χ1) is 8.60. The largest absolute Gasteiger partial charge is 0.491 e. The van der Waals surface area contributed by atoms with Crippen LogP contribution >= 0.6 is 0 Å². The lowest BCUT2D eigenvalue weighted by molar-refractivity contribution is 0.102. The Labute approximate surface area is 106 Å². The fourth-order valence-electron chi connectivity index (χ4n) is 1.17. The first kappa shape index (κ1) is 14.7. The molecule has 0 aliphatic carbocycles. The highest BCUT2D eigenvalue weighted by Crippen LogP contribution is 2.15. The van der Waals surface area contributed by atoms with Crippen molar-refractivity contribution in [3.63, 3.8) is 0 Å². The maximum Gasteiger partial charge on any atom is 0.240 e. The highest BCUT2D eigenvalue weighted by atomic mass is 32.2. The monoisotopic (exact) mass is 272 g/mol. The normalized spacial score (nSPS) is 11.2. The average molecular weight is 272 g/mol. The minimum Gasteiger partial charge on any atom is -0.491 e. The van der Waals surface area contributed by atoms with Crippen molar-refractivity contribution in [3.05, 3.63) is 36.9 Å². The molecule has 0 radical (unpaired) electrons. The average Bonchev–Trinajstić information content (AvgIpc) is 2.37. The number of nitrogens with two attached hydrogens (primary N) is 1. The van der Waals surface area contributed by atoms with E-state index in [0.29, 0.717) is 12.4 Å². The molecular weight excluding hydrogens is 256 g/mol. The summed E-state index contributed by atoms with van der Waals surface area (Å²) >= 11 is 0. The van der Waals surface area contributed by atoms with E-state index in [-0.39, 0.29) is 18.0 Å². The minimum atomic E-state index is -3.49. The summed E-state index contributed by atoms with van der Waals surface area (Å²) in [4.78, 5) is 4.52. The van der Waals surface area contributed by atoms with E-state index in [1.807, 2.05) is 0 Å². The molecule has 0 fully saturated rings.